The molecule has 0 saturated carbocycles. The number of hydrogen-bond acceptors (Lipinski definition) is 5. The van der Waals surface area contributed by atoms with Crippen molar-refractivity contribution >= 4 is 44.4 Å². The molecular weight excluding hydrogens is 400 g/mol. The molecule has 1 aliphatic rings. The maximum atomic E-state index is 5.96. The van der Waals surface area contributed by atoms with Crippen LogP contribution < -0.4 is 0 Å². The second kappa shape index (κ2) is 5.86. The number of benzene rings is 2. The summed E-state index contributed by atoms with van der Waals surface area (Å²) in [6.45, 7) is 0. The third-order valence-electron chi connectivity index (χ3n) is 3.96. The lowest BCUT2D eigenvalue weighted by Gasteiger charge is -2.12. The van der Waals surface area contributed by atoms with E-state index in [1.807, 2.05) is 54.6 Å². The number of aromatic nitrogens is 3. The van der Waals surface area contributed by atoms with Crippen LogP contribution in [-0.2, 0) is 0 Å². The van der Waals surface area contributed by atoms with Crippen LogP contribution in [0.1, 0.15) is 5.76 Å². The van der Waals surface area contributed by atoms with Gasteiger partial charge in [-0.1, -0.05) is 58.0 Å². The highest BCUT2D eigenvalue weighted by atomic mass is 79.9. The molecule has 4 aromatic rings. The largest absolute Gasteiger partial charge is 0.455 e. The summed E-state index contributed by atoms with van der Waals surface area (Å²) in [5, 5.41) is 15.2. The van der Waals surface area contributed by atoms with Gasteiger partial charge in [-0.3, -0.25) is 0 Å². The van der Waals surface area contributed by atoms with E-state index < -0.39 is 0 Å². The van der Waals surface area contributed by atoms with E-state index in [1.54, 1.807) is 16.4 Å². The average Bonchev–Trinajstić information content (AvgIpc) is 3.25. The van der Waals surface area contributed by atoms with Gasteiger partial charge in [0.1, 0.15) is 11.3 Å². The van der Waals surface area contributed by atoms with E-state index in [1.165, 1.54) is 0 Å². The van der Waals surface area contributed by atoms with Crippen LogP contribution in [0, 0.1) is 0 Å². The van der Waals surface area contributed by atoms with Gasteiger partial charge in [0, 0.05) is 21.2 Å². The summed E-state index contributed by atoms with van der Waals surface area (Å²) in [5.74, 6) is 2.21. The normalized spacial score (nSPS) is 13.7. The first kappa shape index (κ1) is 14.9. The molecule has 0 radical (unpaired) electrons. The summed E-state index contributed by atoms with van der Waals surface area (Å²) < 4.78 is 8.74. The van der Waals surface area contributed by atoms with Crippen molar-refractivity contribution < 1.29 is 4.42 Å². The number of para-hydroxylation sites is 1. The van der Waals surface area contributed by atoms with Crippen LogP contribution in [0.5, 0.6) is 0 Å². The van der Waals surface area contributed by atoms with E-state index in [4.69, 9.17) is 9.52 Å². The molecule has 0 unspecified atom stereocenters. The van der Waals surface area contributed by atoms with Gasteiger partial charge in [0.15, 0.2) is 11.6 Å². The quantitative estimate of drug-likeness (QED) is 0.475. The lowest BCUT2D eigenvalue weighted by Crippen LogP contribution is -2.13. The smallest absolute Gasteiger partial charge is 0.212 e. The summed E-state index contributed by atoms with van der Waals surface area (Å²) in [5.41, 5.74) is 2.71. The zero-order valence-electron chi connectivity index (χ0n) is 12.9. The zero-order valence-corrected chi connectivity index (χ0v) is 15.3. The van der Waals surface area contributed by atoms with Gasteiger partial charge in [0.2, 0.25) is 5.16 Å². The van der Waals surface area contributed by atoms with E-state index >= 15 is 0 Å². The summed E-state index contributed by atoms with van der Waals surface area (Å²) in [6, 6.07) is 18.0. The van der Waals surface area contributed by atoms with Gasteiger partial charge in [0.25, 0.3) is 0 Å². The van der Waals surface area contributed by atoms with Gasteiger partial charge in [-0.05, 0) is 24.3 Å². The van der Waals surface area contributed by atoms with E-state index in [-0.39, 0.29) is 0 Å². The lowest BCUT2D eigenvalue weighted by atomic mass is 10.2. The third-order valence-corrected chi connectivity index (χ3v) is 5.39. The Morgan fingerprint density at radius 1 is 1.04 bits per heavy atom. The molecule has 5 rings (SSSR count). The third kappa shape index (κ3) is 2.60. The fraction of sp³-hybridized carbons (Fsp3) is 0.0556. The molecule has 0 aliphatic carbocycles. The highest BCUT2D eigenvalue weighted by Gasteiger charge is 2.22. The number of fused-ring (bicyclic) bond motifs is 2. The monoisotopic (exact) mass is 410 g/mol. The second-order valence-corrected chi connectivity index (χ2v) is 7.47. The molecule has 0 fully saturated rings. The van der Waals surface area contributed by atoms with Crippen molar-refractivity contribution in [2.75, 3.05) is 5.75 Å². The highest BCUT2D eigenvalue weighted by molar-refractivity contribution is 9.10. The van der Waals surface area contributed by atoms with Gasteiger partial charge in [-0.25, -0.2) is 0 Å². The highest BCUT2D eigenvalue weighted by Crippen LogP contribution is 2.30. The molecule has 0 atom stereocenters. The van der Waals surface area contributed by atoms with Crippen molar-refractivity contribution in [2.24, 2.45) is 5.10 Å². The van der Waals surface area contributed by atoms with Crippen LogP contribution in [0.2, 0.25) is 0 Å². The number of rotatable bonds is 2. The fourth-order valence-electron chi connectivity index (χ4n) is 2.78. The van der Waals surface area contributed by atoms with Crippen LogP contribution >= 0.6 is 27.7 Å². The van der Waals surface area contributed by atoms with E-state index in [2.05, 4.69) is 26.1 Å². The van der Waals surface area contributed by atoms with E-state index in [0.717, 1.165) is 43.5 Å². The summed E-state index contributed by atoms with van der Waals surface area (Å²) >= 11 is 5.11. The number of nitrogens with zero attached hydrogens (tertiary/aromatic N) is 4. The van der Waals surface area contributed by atoms with Gasteiger partial charge < -0.3 is 4.42 Å². The first-order chi connectivity index (χ1) is 12.3. The van der Waals surface area contributed by atoms with Crippen LogP contribution in [0.25, 0.3) is 22.4 Å². The van der Waals surface area contributed by atoms with Crippen LogP contribution in [0.15, 0.2) is 73.7 Å². The Balaban J connectivity index is 1.62. The van der Waals surface area contributed by atoms with Gasteiger partial charge in [-0.2, -0.15) is 9.78 Å². The summed E-state index contributed by atoms with van der Waals surface area (Å²) in [6.07, 6.45) is 0. The Bertz CT molecular complexity index is 1100. The standard InChI is InChI=1S/C18H11BrN4OS/c19-13-6-3-5-12(8-13)17-20-21-18-23(17)22-14(10-25-18)16-9-11-4-1-2-7-15(11)24-16/h1-9H,10H2. The molecule has 0 saturated heterocycles. The molecule has 7 heteroatoms. The average molecular weight is 411 g/mol. The first-order valence-corrected chi connectivity index (χ1v) is 9.47. The summed E-state index contributed by atoms with van der Waals surface area (Å²) in [7, 11) is 0. The van der Waals surface area contributed by atoms with E-state index in [9.17, 15) is 0 Å². The number of thioether (sulfide) groups is 1. The van der Waals surface area contributed by atoms with E-state index in [0.29, 0.717) is 5.75 Å². The fourth-order valence-corrected chi connectivity index (χ4v) is 3.99. The Morgan fingerprint density at radius 2 is 1.96 bits per heavy atom. The Labute approximate surface area is 155 Å². The molecule has 0 N–H and O–H groups in total. The molecule has 0 bridgehead atoms. The van der Waals surface area contributed by atoms with Gasteiger partial charge in [0.05, 0.1) is 0 Å². The topological polar surface area (TPSA) is 56.2 Å². The first-order valence-electron chi connectivity index (χ1n) is 7.69. The number of halogens is 1. The van der Waals surface area contributed by atoms with Gasteiger partial charge >= 0.3 is 0 Å². The predicted octanol–water partition coefficient (Wildman–Crippen LogP) is 4.81. The van der Waals surface area contributed by atoms with Crippen molar-refractivity contribution in [3.63, 3.8) is 0 Å². The Hall–Kier alpha value is -2.38. The van der Waals surface area contributed by atoms with Gasteiger partial charge in [-0.15, -0.1) is 10.2 Å². The summed E-state index contributed by atoms with van der Waals surface area (Å²) in [4.78, 5) is 0. The van der Waals surface area contributed by atoms with Crippen molar-refractivity contribution in [1.82, 2.24) is 14.9 Å². The molecule has 0 spiro atoms. The second-order valence-electron chi connectivity index (χ2n) is 5.61. The van der Waals surface area contributed by atoms with Crippen LogP contribution in [0.3, 0.4) is 0 Å². The van der Waals surface area contributed by atoms with Crippen molar-refractivity contribution in [1.29, 1.82) is 0 Å². The number of hydrogen-bond donors (Lipinski definition) is 0. The maximum absolute atomic E-state index is 5.96. The molecule has 1 aliphatic heterocycles. The lowest BCUT2D eigenvalue weighted by molar-refractivity contribution is 0.601. The maximum Gasteiger partial charge on any atom is 0.212 e. The molecule has 122 valence electrons. The number of furan rings is 1. The molecule has 25 heavy (non-hydrogen) atoms. The predicted molar refractivity (Wildman–Crippen MR) is 102 cm³/mol. The minimum absolute atomic E-state index is 0.705. The van der Waals surface area contributed by atoms with Crippen LogP contribution in [-0.4, -0.2) is 26.3 Å². The van der Waals surface area contributed by atoms with Crippen molar-refractivity contribution in [3.05, 3.63) is 64.8 Å². The molecule has 0 amide bonds. The van der Waals surface area contributed by atoms with Crippen LogP contribution in [0.4, 0.5) is 0 Å². The van der Waals surface area contributed by atoms with Crippen molar-refractivity contribution in [3.8, 4) is 11.4 Å². The minimum Gasteiger partial charge on any atom is -0.455 e. The Morgan fingerprint density at radius 3 is 2.84 bits per heavy atom. The molecular formula is C18H11BrN4OS. The SMILES string of the molecule is Brc1cccc(-c2nnc3n2N=C(c2cc4ccccc4o2)CS3)c1. The molecule has 5 nitrogen and oxygen atoms in total. The molecule has 3 heterocycles. The molecule has 2 aromatic carbocycles. The Kier molecular flexibility index (Phi) is 3.50. The minimum atomic E-state index is 0.705. The van der Waals surface area contributed by atoms with Crippen molar-refractivity contribution in [2.45, 2.75) is 5.16 Å². The zero-order chi connectivity index (χ0) is 16.8. The molecule has 2 aromatic heterocycles.